The van der Waals surface area contributed by atoms with Gasteiger partial charge in [-0.25, -0.2) is 4.98 Å². The van der Waals surface area contributed by atoms with Gasteiger partial charge in [0.1, 0.15) is 0 Å². The van der Waals surface area contributed by atoms with E-state index in [9.17, 15) is 9.59 Å². The molecule has 0 aliphatic carbocycles. The average molecular weight is 365 g/mol. The van der Waals surface area contributed by atoms with Gasteiger partial charge in [-0.15, -0.1) is 0 Å². The minimum Gasteiger partial charge on any atom is -0.481 e. The van der Waals surface area contributed by atoms with Crippen LogP contribution in [0.5, 0.6) is 5.88 Å². The number of piperidine rings is 1. The number of rotatable bonds is 4. The number of benzene rings is 1. The molecule has 0 radical (unpaired) electrons. The summed E-state index contributed by atoms with van der Waals surface area (Å²) in [7, 11) is 1.53. The van der Waals surface area contributed by atoms with Gasteiger partial charge in [0, 0.05) is 43.5 Å². The van der Waals surface area contributed by atoms with E-state index in [0.717, 1.165) is 18.4 Å². The zero-order valence-corrected chi connectivity index (χ0v) is 15.4. The van der Waals surface area contributed by atoms with Crippen LogP contribution in [0.2, 0.25) is 0 Å². The maximum atomic E-state index is 13.0. The van der Waals surface area contributed by atoms with Crippen LogP contribution < -0.4 is 4.74 Å². The Balaban J connectivity index is 1.55. The number of nitrogens with zero attached hydrogens (tertiary/aromatic N) is 3. The molecule has 0 spiro atoms. The number of amides is 2. The van der Waals surface area contributed by atoms with Gasteiger partial charge in [0.2, 0.25) is 11.8 Å². The number of ether oxygens (including phenoxy) is 1. The fraction of sp³-hybridized carbons (Fsp3) is 0.381. The van der Waals surface area contributed by atoms with Crippen LogP contribution in [0.3, 0.4) is 0 Å². The predicted molar refractivity (Wildman–Crippen MR) is 100 cm³/mol. The standard InChI is InChI=1S/C21H23N3O3/c1-27-19-11-16(9-10-22-19)20(25)23-13-17-7-8-18(14-23)24(21(17)26)12-15-5-3-2-4-6-15/h2-6,9-11,17-18H,7-8,12-14H2,1H3/t17-,18+/m0/s1. The maximum Gasteiger partial charge on any atom is 0.254 e. The second-order valence-electron chi connectivity index (χ2n) is 7.18. The number of methoxy groups -OCH3 is 1. The van der Waals surface area contributed by atoms with Gasteiger partial charge >= 0.3 is 0 Å². The summed E-state index contributed by atoms with van der Waals surface area (Å²) in [4.78, 5) is 33.8. The van der Waals surface area contributed by atoms with E-state index in [4.69, 9.17) is 4.74 Å². The van der Waals surface area contributed by atoms with Crippen LogP contribution in [0.1, 0.15) is 28.8 Å². The van der Waals surface area contributed by atoms with Crippen LogP contribution in [-0.2, 0) is 11.3 Å². The van der Waals surface area contributed by atoms with E-state index < -0.39 is 0 Å². The van der Waals surface area contributed by atoms with Gasteiger partial charge in [-0.05, 0) is 24.5 Å². The first-order valence-corrected chi connectivity index (χ1v) is 9.29. The molecule has 3 aliphatic rings. The lowest BCUT2D eigenvalue weighted by molar-refractivity contribution is -0.140. The lowest BCUT2D eigenvalue weighted by Crippen LogP contribution is -2.47. The normalized spacial score (nSPS) is 21.9. The molecular weight excluding hydrogens is 342 g/mol. The van der Waals surface area contributed by atoms with E-state index in [1.165, 1.54) is 7.11 Å². The van der Waals surface area contributed by atoms with E-state index in [2.05, 4.69) is 4.98 Å². The third-order valence-corrected chi connectivity index (χ3v) is 5.47. The van der Waals surface area contributed by atoms with Gasteiger partial charge in [-0.2, -0.15) is 0 Å². The van der Waals surface area contributed by atoms with Crippen molar-refractivity contribution in [1.82, 2.24) is 14.8 Å². The minimum absolute atomic E-state index is 0.0594. The van der Waals surface area contributed by atoms with Crippen molar-refractivity contribution < 1.29 is 14.3 Å². The Labute approximate surface area is 158 Å². The van der Waals surface area contributed by atoms with Crippen LogP contribution in [0.4, 0.5) is 0 Å². The van der Waals surface area contributed by atoms with Crippen LogP contribution >= 0.6 is 0 Å². The molecule has 1 aromatic heterocycles. The highest BCUT2D eigenvalue weighted by molar-refractivity contribution is 5.95. The third-order valence-electron chi connectivity index (χ3n) is 5.47. The largest absolute Gasteiger partial charge is 0.481 e. The van der Waals surface area contributed by atoms with Crippen molar-refractivity contribution >= 4 is 11.8 Å². The molecule has 27 heavy (non-hydrogen) atoms. The molecule has 3 saturated heterocycles. The number of carbonyl (C=O) groups excluding carboxylic acids is 2. The van der Waals surface area contributed by atoms with Crippen molar-refractivity contribution in [2.45, 2.75) is 25.4 Å². The number of pyridine rings is 1. The first-order valence-electron chi connectivity index (χ1n) is 9.29. The van der Waals surface area contributed by atoms with Gasteiger partial charge in [0.25, 0.3) is 5.91 Å². The Hall–Kier alpha value is -2.89. The SMILES string of the molecule is COc1cc(C(=O)N2C[C@@H]3CC[C@H](C2)N(Cc2ccccc2)C3=O)ccn1. The molecule has 2 aromatic rings. The summed E-state index contributed by atoms with van der Waals surface area (Å²) in [6.07, 6.45) is 3.36. The maximum absolute atomic E-state index is 13.0. The van der Waals surface area contributed by atoms with E-state index in [1.807, 2.05) is 40.1 Å². The minimum atomic E-state index is -0.125. The fourth-order valence-corrected chi connectivity index (χ4v) is 4.03. The fourth-order valence-electron chi connectivity index (χ4n) is 4.03. The Kier molecular flexibility index (Phi) is 4.79. The number of carbonyl (C=O) groups is 2. The average Bonchev–Trinajstić information content (AvgIpc) is 3.01. The monoisotopic (exact) mass is 365 g/mol. The van der Waals surface area contributed by atoms with E-state index in [1.54, 1.807) is 18.3 Å². The lowest BCUT2D eigenvalue weighted by Gasteiger charge is -2.36. The molecule has 6 nitrogen and oxygen atoms in total. The van der Waals surface area contributed by atoms with Gasteiger partial charge in [-0.1, -0.05) is 30.3 Å². The number of hydrogen-bond acceptors (Lipinski definition) is 4. The predicted octanol–water partition coefficient (Wildman–Crippen LogP) is 2.35. The van der Waals surface area contributed by atoms with Crippen LogP contribution in [0.15, 0.2) is 48.7 Å². The highest BCUT2D eigenvalue weighted by Crippen LogP contribution is 2.31. The molecule has 2 atom stereocenters. The molecular formula is C21H23N3O3. The molecule has 2 bridgehead atoms. The van der Waals surface area contributed by atoms with Crippen molar-refractivity contribution in [3.8, 4) is 5.88 Å². The van der Waals surface area contributed by atoms with Gasteiger partial charge in [0.05, 0.1) is 13.0 Å². The summed E-state index contributed by atoms with van der Waals surface area (Å²) < 4.78 is 5.13. The van der Waals surface area contributed by atoms with Crippen LogP contribution in [-0.4, -0.2) is 52.8 Å². The molecule has 2 amide bonds. The second-order valence-corrected chi connectivity index (χ2v) is 7.18. The van der Waals surface area contributed by atoms with Gasteiger partial charge in [0.15, 0.2) is 0 Å². The third kappa shape index (κ3) is 3.52. The topological polar surface area (TPSA) is 62.7 Å². The molecule has 0 N–H and O–H groups in total. The van der Waals surface area contributed by atoms with Crippen molar-refractivity contribution in [2.75, 3.05) is 20.2 Å². The summed E-state index contributed by atoms with van der Waals surface area (Å²) in [6.45, 7) is 1.65. The van der Waals surface area contributed by atoms with Crippen LogP contribution in [0.25, 0.3) is 0 Å². The highest BCUT2D eigenvalue weighted by atomic mass is 16.5. The van der Waals surface area contributed by atoms with E-state index in [0.29, 0.717) is 31.1 Å². The van der Waals surface area contributed by atoms with Crippen molar-refractivity contribution in [2.24, 2.45) is 5.92 Å². The Morgan fingerprint density at radius 1 is 1.19 bits per heavy atom. The second kappa shape index (κ2) is 7.39. The summed E-state index contributed by atoms with van der Waals surface area (Å²) in [5, 5.41) is 0. The van der Waals surface area contributed by atoms with Gasteiger partial charge < -0.3 is 14.5 Å². The summed E-state index contributed by atoms with van der Waals surface area (Å²) in [5.41, 5.74) is 1.67. The summed E-state index contributed by atoms with van der Waals surface area (Å²) in [6, 6.07) is 13.4. The molecule has 5 rings (SSSR count). The van der Waals surface area contributed by atoms with Crippen molar-refractivity contribution in [3.63, 3.8) is 0 Å². The first-order chi connectivity index (χ1) is 13.2. The Morgan fingerprint density at radius 3 is 2.78 bits per heavy atom. The summed E-state index contributed by atoms with van der Waals surface area (Å²) >= 11 is 0. The van der Waals surface area contributed by atoms with Crippen molar-refractivity contribution in [1.29, 1.82) is 0 Å². The Morgan fingerprint density at radius 2 is 2.00 bits per heavy atom. The Bertz CT molecular complexity index is 840. The molecule has 3 fully saturated rings. The lowest BCUT2D eigenvalue weighted by atomic mass is 9.93. The quantitative estimate of drug-likeness (QED) is 0.834. The molecule has 4 heterocycles. The smallest absolute Gasteiger partial charge is 0.254 e. The van der Waals surface area contributed by atoms with Crippen molar-refractivity contribution in [3.05, 3.63) is 59.8 Å². The molecule has 1 aromatic carbocycles. The van der Waals surface area contributed by atoms with E-state index in [-0.39, 0.29) is 23.8 Å². The van der Waals surface area contributed by atoms with E-state index >= 15 is 0 Å². The number of aromatic nitrogens is 1. The zero-order chi connectivity index (χ0) is 18.8. The first kappa shape index (κ1) is 17.5. The van der Waals surface area contributed by atoms with Gasteiger partial charge in [-0.3, -0.25) is 9.59 Å². The molecule has 0 unspecified atom stereocenters. The number of fused-ring (bicyclic) bond motifs is 4. The summed E-state index contributed by atoms with van der Waals surface area (Å²) in [5.74, 6) is 0.389. The molecule has 3 aliphatic heterocycles. The molecule has 6 heteroatoms. The number of hydrogen-bond donors (Lipinski definition) is 0. The molecule has 0 saturated carbocycles. The van der Waals surface area contributed by atoms with Crippen LogP contribution in [0, 0.1) is 5.92 Å². The highest BCUT2D eigenvalue weighted by Gasteiger charge is 2.41. The zero-order valence-electron chi connectivity index (χ0n) is 15.4. The molecule has 140 valence electrons.